The molecule has 0 aromatic heterocycles. The third kappa shape index (κ3) is 13.6. The first-order valence-corrected chi connectivity index (χ1v) is 27.4. The highest BCUT2D eigenvalue weighted by Crippen LogP contribution is 2.42. The number of unbranched alkanes of at least 4 members (excludes halogenated alkanes) is 2. The third-order valence-corrected chi connectivity index (χ3v) is 15.4. The monoisotopic (exact) mass is 1080 g/mol. The number of amides is 3. The van der Waals surface area contributed by atoms with Crippen molar-refractivity contribution in [3.05, 3.63) is 106 Å². The van der Waals surface area contributed by atoms with Gasteiger partial charge in [0, 0.05) is 59.6 Å². The Morgan fingerprint density at radius 2 is 1.78 bits per heavy atom. The molecule has 3 amide bonds. The van der Waals surface area contributed by atoms with E-state index in [0.717, 1.165) is 40.8 Å². The number of nitrogens with zero attached hydrogens (tertiary/aromatic N) is 3. The molecule has 4 N–H and O–H groups in total. The fourth-order valence-corrected chi connectivity index (χ4v) is 11.3. The Kier molecular flexibility index (Phi) is 19.1. The van der Waals surface area contributed by atoms with Crippen LogP contribution in [-0.4, -0.2) is 103 Å². The highest BCUT2D eigenvalue weighted by atomic mass is 32.2. The smallest absolute Gasteiger partial charge is 0.417 e. The van der Waals surface area contributed by atoms with E-state index >= 15 is 0 Å². The zero-order chi connectivity index (χ0) is 55.0. The Bertz CT molecular complexity index is 2780. The summed E-state index contributed by atoms with van der Waals surface area (Å²) in [7, 11) is 1.56. The number of benzene rings is 3. The van der Waals surface area contributed by atoms with E-state index in [1.807, 2.05) is 63.7 Å². The molecule has 3 heterocycles. The van der Waals surface area contributed by atoms with E-state index in [9.17, 15) is 32.7 Å². The van der Waals surface area contributed by atoms with Crippen molar-refractivity contribution in [2.75, 3.05) is 55.7 Å². The molecular weight excluding hydrogens is 1010 g/mol. The van der Waals surface area contributed by atoms with Crippen LogP contribution in [0.1, 0.15) is 105 Å². The lowest BCUT2D eigenvalue weighted by Crippen LogP contribution is -2.59. The topological polar surface area (TPSA) is 145 Å². The molecule has 18 heteroatoms. The van der Waals surface area contributed by atoms with Crippen molar-refractivity contribution in [3.63, 3.8) is 0 Å². The first-order chi connectivity index (χ1) is 36.1. The molecule has 0 bridgehead atoms. The summed E-state index contributed by atoms with van der Waals surface area (Å²) >= 11 is 7.60. The van der Waals surface area contributed by atoms with E-state index in [1.54, 1.807) is 49.0 Å². The number of methoxy groups -OCH3 is 1. The van der Waals surface area contributed by atoms with Crippen molar-refractivity contribution in [2.45, 2.75) is 123 Å². The second-order valence-corrected chi connectivity index (χ2v) is 22.4. The number of nitrogens with one attached hydrogen (secondary N) is 3. The molecule has 3 aromatic rings. The van der Waals surface area contributed by atoms with Gasteiger partial charge in [-0.15, -0.1) is 11.8 Å². The normalized spacial score (nSPS) is 19.3. The molecule has 7 rings (SSSR count). The molecule has 3 aliphatic heterocycles. The van der Waals surface area contributed by atoms with Crippen LogP contribution in [0, 0.1) is 23.2 Å². The van der Waals surface area contributed by atoms with Crippen molar-refractivity contribution in [1.82, 2.24) is 20.9 Å². The number of aliphatic hydroxyl groups is 1. The molecule has 2 saturated heterocycles. The summed E-state index contributed by atoms with van der Waals surface area (Å²) in [4.78, 5) is 46.9. The molecule has 408 valence electrons. The van der Waals surface area contributed by atoms with Crippen LogP contribution < -0.4 is 35.2 Å². The molecule has 0 saturated carbocycles. The fraction of sp³-hybridized carbons (Fsp3) is 0.483. The number of likely N-dealkylation sites (tertiary alicyclic amines) is 1. The largest absolute Gasteiger partial charge is 0.496 e. The van der Waals surface area contributed by atoms with E-state index in [-0.39, 0.29) is 34.8 Å². The number of thiocarbonyl (C=S) groups is 1. The van der Waals surface area contributed by atoms with Crippen LogP contribution in [0.5, 0.6) is 11.5 Å². The van der Waals surface area contributed by atoms with Gasteiger partial charge in [-0.05, 0) is 136 Å². The Labute approximate surface area is 455 Å². The van der Waals surface area contributed by atoms with Gasteiger partial charge in [0.2, 0.25) is 11.8 Å². The summed E-state index contributed by atoms with van der Waals surface area (Å²) in [5.74, 6) is 6.59. The van der Waals surface area contributed by atoms with Crippen LogP contribution in [-0.2, 0) is 25.3 Å². The minimum Gasteiger partial charge on any atom is -0.496 e. The molecule has 1 aliphatic carbocycles. The number of aliphatic hydroxyl groups excluding tert-OH is 1. The molecule has 2 unspecified atom stereocenters. The molecule has 3 aromatic carbocycles. The van der Waals surface area contributed by atoms with Crippen LogP contribution >= 0.6 is 24.0 Å². The number of ether oxygens (including phenoxy) is 3. The summed E-state index contributed by atoms with van der Waals surface area (Å²) in [5.41, 5.74) is 1.70. The Balaban J connectivity index is 0.859. The Hall–Kier alpha value is -5.84. The van der Waals surface area contributed by atoms with Gasteiger partial charge in [0.1, 0.15) is 35.9 Å². The number of hydrogen-bond acceptors (Lipinski definition) is 11. The average molecular weight is 1090 g/mol. The average Bonchev–Trinajstić information content (AvgIpc) is 4.14. The van der Waals surface area contributed by atoms with Crippen LogP contribution in [0.15, 0.2) is 95.1 Å². The number of alkyl halides is 3. The van der Waals surface area contributed by atoms with Gasteiger partial charge in [0.05, 0.1) is 36.9 Å². The van der Waals surface area contributed by atoms with Crippen molar-refractivity contribution < 1.29 is 46.9 Å². The number of hydrogen-bond donors (Lipinski definition) is 4. The molecule has 0 radical (unpaired) electrons. The number of carbonyl (C=O) groups is 3. The maximum atomic E-state index is 14.2. The predicted octanol–water partition coefficient (Wildman–Crippen LogP) is 10.1. The van der Waals surface area contributed by atoms with Gasteiger partial charge in [-0.25, -0.2) is 0 Å². The first-order valence-electron chi connectivity index (χ1n) is 26.0. The molecule has 76 heavy (non-hydrogen) atoms. The standard InChI is InChI=1S/C58H71F3N6O7S2/c1-9-10-11-15-40-23-26-43(32-46(40)58(59,60)61)66-54(71)57(6,7)67(55(66)75)42-24-21-39(22-25-42)45-28-27-44(33-48(45)72-8)74-31-13-12-30-73-35-49(68)64-51(56(3,4)5)53(70)65-29-14-16-47(65)52(69)62-34-38-17-19-41(20-18-38)50-37(2)63-36-76-50/h17,19-28,32-33,38,47,51-52,62-63,69H,9-10,12-14,16,18,29-31,34-36H2,1-8H3,(H,64,68)/t38?,47-,51+,52?/m0/s1. The minimum absolute atomic E-state index is 0.00902. The molecule has 0 spiro atoms. The van der Waals surface area contributed by atoms with Crippen LogP contribution in [0.25, 0.3) is 11.1 Å². The van der Waals surface area contributed by atoms with E-state index in [4.69, 9.17) is 26.4 Å². The first kappa shape index (κ1) is 57.9. The van der Waals surface area contributed by atoms with Crippen LogP contribution in [0.2, 0.25) is 0 Å². The number of halogens is 3. The zero-order valence-electron chi connectivity index (χ0n) is 44.7. The summed E-state index contributed by atoms with van der Waals surface area (Å²) < 4.78 is 60.2. The maximum absolute atomic E-state index is 14.2. The molecular formula is C58H71F3N6O7S2. The minimum atomic E-state index is -4.69. The van der Waals surface area contributed by atoms with Gasteiger partial charge in [0.15, 0.2) is 5.11 Å². The lowest BCUT2D eigenvalue weighted by atomic mass is 9.85. The van der Waals surface area contributed by atoms with Gasteiger partial charge < -0.3 is 39.8 Å². The quantitative estimate of drug-likeness (QED) is 0.0370. The van der Waals surface area contributed by atoms with Crippen LogP contribution in [0.4, 0.5) is 24.5 Å². The summed E-state index contributed by atoms with van der Waals surface area (Å²) in [6.45, 7) is 14.6. The third-order valence-electron chi connectivity index (χ3n) is 13.9. The Morgan fingerprint density at radius 3 is 2.43 bits per heavy atom. The second-order valence-electron chi connectivity index (χ2n) is 21.0. The maximum Gasteiger partial charge on any atom is 0.417 e. The molecule has 4 atom stereocenters. The number of allylic oxidation sites excluding steroid dienone is 4. The SMILES string of the molecule is CCCC#Cc1ccc(N2C(=O)C(C)(C)N(c3ccc(-c4ccc(OCCCCOCC(=O)N[C@H](C(=O)N5CCC[C@H]5C(O)NCC5C=CC(C6=C(C)NCS6)=CC5)C(C)(C)C)cc4OC)cc3)C2=S)cc1C(F)(F)F. The van der Waals surface area contributed by atoms with Gasteiger partial charge in [-0.1, -0.05) is 69.9 Å². The summed E-state index contributed by atoms with van der Waals surface area (Å²) in [5, 5.41) is 20.9. The summed E-state index contributed by atoms with van der Waals surface area (Å²) in [6, 6.07) is 15.3. The van der Waals surface area contributed by atoms with Crippen molar-refractivity contribution in [1.29, 1.82) is 0 Å². The number of anilines is 2. The van der Waals surface area contributed by atoms with Gasteiger partial charge >= 0.3 is 6.18 Å². The van der Waals surface area contributed by atoms with E-state index in [1.165, 1.54) is 28.3 Å². The van der Waals surface area contributed by atoms with Gasteiger partial charge in [0.25, 0.3) is 5.91 Å². The van der Waals surface area contributed by atoms with Gasteiger partial charge in [-0.3, -0.25) is 24.6 Å². The van der Waals surface area contributed by atoms with Crippen molar-refractivity contribution in [3.8, 4) is 34.5 Å². The molecule has 4 aliphatic rings. The predicted molar refractivity (Wildman–Crippen MR) is 298 cm³/mol. The zero-order valence-corrected chi connectivity index (χ0v) is 46.3. The lowest BCUT2D eigenvalue weighted by molar-refractivity contribution is -0.143. The van der Waals surface area contributed by atoms with E-state index in [2.05, 4.69) is 52.9 Å². The highest BCUT2D eigenvalue weighted by molar-refractivity contribution is 8.03. The van der Waals surface area contributed by atoms with Gasteiger partial charge in [-0.2, -0.15) is 13.2 Å². The van der Waals surface area contributed by atoms with E-state index in [0.29, 0.717) is 75.6 Å². The van der Waals surface area contributed by atoms with Crippen molar-refractivity contribution >= 4 is 58.2 Å². The molecule has 13 nitrogen and oxygen atoms in total. The fourth-order valence-electron chi connectivity index (χ4n) is 9.71. The molecule has 2 fully saturated rings. The highest BCUT2D eigenvalue weighted by Gasteiger charge is 2.51. The number of thioether (sulfide) groups is 1. The second kappa shape index (κ2) is 25.1. The summed E-state index contributed by atoms with van der Waals surface area (Å²) in [6.07, 6.45) is 5.71. The number of rotatable bonds is 20. The van der Waals surface area contributed by atoms with Crippen molar-refractivity contribution in [2.24, 2.45) is 11.3 Å². The van der Waals surface area contributed by atoms with Crippen LogP contribution in [0.3, 0.4) is 0 Å². The van der Waals surface area contributed by atoms with E-state index < -0.39 is 52.8 Å². The lowest BCUT2D eigenvalue weighted by Gasteiger charge is -2.37. The Morgan fingerprint density at radius 1 is 1.04 bits per heavy atom. The number of carbonyl (C=O) groups excluding carboxylic acids is 3.